The minimum atomic E-state index is -0.0189. The predicted octanol–water partition coefficient (Wildman–Crippen LogP) is 3.57. The van der Waals surface area contributed by atoms with Crippen LogP contribution in [0.3, 0.4) is 0 Å². The molecule has 0 unspecified atom stereocenters. The van der Waals surface area contributed by atoms with Crippen LogP contribution in [0.5, 0.6) is 0 Å². The van der Waals surface area contributed by atoms with Gasteiger partial charge in [0.15, 0.2) is 0 Å². The van der Waals surface area contributed by atoms with Gasteiger partial charge in [-0.2, -0.15) is 0 Å². The van der Waals surface area contributed by atoms with E-state index in [0.29, 0.717) is 15.8 Å². The standard InChI is InChI=1S/C17H17N5OS3/c1-4-21-13(9-8-12-16(23)22(5-2)17(24)25-12)20(3)11-7-6-10-15(14(11)21)26-19-18-10/h6-9H,4-5H2,1-3H3/b12-8+,13-9+. The van der Waals surface area contributed by atoms with Crippen LogP contribution in [0.1, 0.15) is 13.8 Å². The summed E-state index contributed by atoms with van der Waals surface area (Å²) in [5.41, 5.74) is 3.15. The molecule has 6 nitrogen and oxygen atoms in total. The molecule has 1 fully saturated rings. The van der Waals surface area contributed by atoms with E-state index in [9.17, 15) is 4.79 Å². The Morgan fingerprint density at radius 1 is 1.19 bits per heavy atom. The summed E-state index contributed by atoms with van der Waals surface area (Å²) in [6.45, 7) is 5.45. The van der Waals surface area contributed by atoms with Crippen LogP contribution in [-0.4, -0.2) is 44.9 Å². The highest BCUT2D eigenvalue weighted by atomic mass is 32.2. The van der Waals surface area contributed by atoms with Gasteiger partial charge in [0.1, 0.15) is 20.4 Å². The molecule has 1 aromatic carbocycles. The molecule has 0 radical (unpaired) electrons. The van der Waals surface area contributed by atoms with Crippen molar-refractivity contribution in [2.24, 2.45) is 0 Å². The molecule has 0 N–H and O–H groups in total. The number of carbonyl (C=O) groups is 1. The number of aromatic nitrogens is 2. The third-order valence-corrected chi connectivity index (χ3v) is 6.66. The van der Waals surface area contributed by atoms with Gasteiger partial charge in [-0.1, -0.05) is 28.5 Å². The van der Waals surface area contributed by atoms with Crippen molar-refractivity contribution in [1.29, 1.82) is 0 Å². The summed E-state index contributed by atoms with van der Waals surface area (Å²) in [6, 6.07) is 4.07. The van der Waals surface area contributed by atoms with Gasteiger partial charge in [-0.15, -0.1) is 5.10 Å². The van der Waals surface area contributed by atoms with Crippen LogP contribution in [-0.2, 0) is 4.79 Å². The molecule has 1 saturated heterocycles. The number of thiocarbonyl (C=S) groups is 1. The molecule has 0 spiro atoms. The SMILES string of the molecule is CCN1C(=O)/C(=C\C=C2/N(C)c3ccc4nnsc4c3N2CC)SC1=S. The molecule has 134 valence electrons. The second-order valence-electron chi connectivity index (χ2n) is 5.83. The first-order chi connectivity index (χ1) is 12.6. The minimum Gasteiger partial charge on any atom is -0.329 e. The Kier molecular flexibility index (Phi) is 4.45. The van der Waals surface area contributed by atoms with E-state index < -0.39 is 0 Å². The van der Waals surface area contributed by atoms with Gasteiger partial charge in [0, 0.05) is 20.1 Å². The number of likely N-dealkylation sites (N-methyl/N-ethyl adjacent to an activating group) is 1. The molecule has 2 aromatic rings. The molecular weight excluding hydrogens is 386 g/mol. The van der Waals surface area contributed by atoms with E-state index in [0.717, 1.165) is 34.0 Å². The van der Waals surface area contributed by atoms with Crippen LogP contribution in [0.15, 0.2) is 35.0 Å². The molecule has 1 aromatic heterocycles. The van der Waals surface area contributed by atoms with Crippen LogP contribution in [0.4, 0.5) is 11.4 Å². The van der Waals surface area contributed by atoms with Crippen molar-refractivity contribution in [3.05, 3.63) is 35.0 Å². The lowest BCUT2D eigenvalue weighted by Gasteiger charge is -2.21. The number of hydrogen-bond donors (Lipinski definition) is 0. The smallest absolute Gasteiger partial charge is 0.266 e. The highest BCUT2D eigenvalue weighted by Crippen LogP contribution is 2.46. The topological polar surface area (TPSA) is 52.6 Å². The third kappa shape index (κ3) is 2.53. The molecule has 9 heteroatoms. The molecule has 0 aliphatic carbocycles. The van der Waals surface area contributed by atoms with Gasteiger partial charge in [-0.3, -0.25) is 9.69 Å². The molecule has 4 rings (SSSR count). The average molecular weight is 404 g/mol. The first-order valence-electron chi connectivity index (χ1n) is 8.28. The second-order valence-corrected chi connectivity index (χ2v) is 8.26. The Morgan fingerprint density at radius 2 is 1.96 bits per heavy atom. The van der Waals surface area contributed by atoms with Gasteiger partial charge in [-0.05, 0) is 49.7 Å². The highest BCUT2D eigenvalue weighted by molar-refractivity contribution is 8.26. The monoisotopic (exact) mass is 403 g/mol. The first-order valence-corrected chi connectivity index (χ1v) is 10.3. The van der Waals surface area contributed by atoms with E-state index in [1.807, 2.05) is 32.2 Å². The van der Waals surface area contributed by atoms with Gasteiger partial charge in [0.25, 0.3) is 5.91 Å². The minimum absolute atomic E-state index is 0.0189. The summed E-state index contributed by atoms with van der Waals surface area (Å²) in [5, 5.41) is 4.18. The maximum Gasteiger partial charge on any atom is 0.266 e. The lowest BCUT2D eigenvalue weighted by atomic mass is 10.2. The van der Waals surface area contributed by atoms with Gasteiger partial charge < -0.3 is 9.80 Å². The number of carbonyl (C=O) groups excluding carboxylic acids is 1. The maximum atomic E-state index is 12.4. The van der Waals surface area contributed by atoms with E-state index >= 15 is 0 Å². The maximum absolute atomic E-state index is 12.4. The normalized spacial score (nSPS) is 20.3. The fourth-order valence-electron chi connectivity index (χ4n) is 3.23. The fraction of sp³-hybridized carbons (Fsp3) is 0.294. The molecule has 0 atom stereocenters. The Bertz CT molecular complexity index is 980. The summed E-state index contributed by atoms with van der Waals surface area (Å²) in [5.74, 6) is 1.000. The Labute approximate surface area is 165 Å². The van der Waals surface area contributed by atoms with Crippen molar-refractivity contribution < 1.29 is 4.79 Å². The van der Waals surface area contributed by atoms with Crippen molar-refractivity contribution in [2.75, 3.05) is 29.9 Å². The number of hydrogen-bond acceptors (Lipinski definition) is 8. The molecule has 1 amide bonds. The molecule has 3 heterocycles. The Morgan fingerprint density at radius 3 is 2.65 bits per heavy atom. The van der Waals surface area contributed by atoms with E-state index in [1.54, 1.807) is 4.90 Å². The number of allylic oxidation sites excluding steroid dienone is 2. The van der Waals surface area contributed by atoms with Crippen LogP contribution in [0.25, 0.3) is 10.2 Å². The Hall–Kier alpha value is -1.97. The van der Waals surface area contributed by atoms with E-state index in [-0.39, 0.29) is 5.91 Å². The van der Waals surface area contributed by atoms with Gasteiger partial charge in [0.05, 0.1) is 16.3 Å². The molecule has 2 aliphatic rings. The summed E-state index contributed by atoms with van der Waals surface area (Å²) in [4.78, 5) is 19.1. The number of amides is 1. The molecule has 2 aliphatic heterocycles. The second kappa shape index (κ2) is 6.64. The van der Waals surface area contributed by atoms with Crippen molar-refractivity contribution >= 4 is 67.3 Å². The fourth-order valence-corrected chi connectivity index (χ4v) is 5.27. The zero-order valence-electron chi connectivity index (χ0n) is 14.6. The lowest BCUT2D eigenvalue weighted by Crippen LogP contribution is -2.27. The number of rotatable bonds is 3. The number of benzene rings is 1. The van der Waals surface area contributed by atoms with Crippen molar-refractivity contribution in [3.8, 4) is 0 Å². The average Bonchev–Trinajstić information content (AvgIpc) is 3.28. The number of thioether (sulfide) groups is 1. The third-order valence-electron chi connectivity index (χ3n) is 4.51. The number of fused-ring (bicyclic) bond motifs is 3. The van der Waals surface area contributed by atoms with Gasteiger partial charge in [-0.25, -0.2) is 0 Å². The predicted molar refractivity (Wildman–Crippen MR) is 113 cm³/mol. The highest BCUT2D eigenvalue weighted by Gasteiger charge is 2.32. The largest absolute Gasteiger partial charge is 0.329 e. The van der Waals surface area contributed by atoms with Crippen molar-refractivity contribution in [3.63, 3.8) is 0 Å². The number of anilines is 2. The molecular formula is C17H17N5OS3. The zero-order chi connectivity index (χ0) is 18.4. The van der Waals surface area contributed by atoms with Gasteiger partial charge >= 0.3 is 0 Å². The number of nitrogens with zero attached hydrogens (tertiary/aromatic N) is 5. The van der Waals surface area contributed by atoms with E-state index in [2.05, 4.69) is 32.4 Å². The van der Waals surface area contributed by atoms with E-state index in [4.69, 9.17) is 12.2 Å². The molecule has 0 bridgehead atoms. The van der Waals surface area contributed by atoms with Crippen molar-refractivity contribution in [2.45, 2.75) is 13.8 Å². The quantitative estimate of drug-likeness (QED) is 0.573. The lowest BCUT2D eigenvalue weighted by molar-refractivity contribution is -0.122. The molecule has 26 heavy (non-hydrogen) atoms. The van der Waals surface area contributed by atoms with Crippen LogP contribution >= 0.6 is 35.5 Å². The molecule has 0 saturated carbocycles. The van der Waals surface area contributed by atoms with E-state index in [1.165, 1.54) is 23.3 Å². The zero-order valence-corrected chi connectivity index (χ0v) is 17.0. The summed E-state index contributed by atoms with van der Waals surface area (Å²) < 4.78 is 5.79. The summed E-state index contributed by atoms with van der Waals surface area (Å²) in [6.07, 6.45) is 3.86. The first kappa shape index (κ1) is 17.4. The summed E-state index contributed by atoms with van der Waals surface area (Å²) >= 11 is 8.05. The van der Waals surface area contributed by atoms with Gasteiger partial charge in [0.2, 0.25) is 0 Å². The van der Waals surface area contributed by atoms with Crippen LogP contribution in [0.2, 0.25) is 0 Å². The Balaban J connectivity index is 1.75. The van der Waals surface area contributed by atoms with Crippen LogP contribution < -0.4 is 9.80 Å². The van der Waals surface area contributed by atoms with Crippen LogP contribution in [0, 0.1) is 0 Å². The van der Waals surface area contributed by atoms with Crippen molar-refractivity contribution in [1.82, 2.24) is 14.5 Å². The summed E-state index contributed by atoms with van der Waals surface area (Å²) in [7, 11) is 2.03.